The highest BCUT2D eigenvalue weighted by atomic mass is 79.9. The molecule has 0 N–H and O–H groups in total. The quantitative estimate of drug-likeness (QED) is 0.782. The lowest BCUT2D eigenvalue weighted by Crippen LogP contribution is -2.49. The number of aromatic nitrogens is 2. The molecule has 1 saturated heterocycles. The number of carbonyl (C=O) groups is 1. The number of hydrogen-bond acceptors (Lipinski definition) is 4. The average Bonchev–Trinajstić information content (AvgIpc) is 2.56. The van der Waals surface area contributed by atoms with Crippen LogP contribution in [0.5, 0.6) is 0 Å². The van der Waals surface area contributed by atoms with Gasteiger partial charge in [-0.05, 0) is 40.2 Å². The monoisotopic (exact) mass is 346 g/mol. The zero-order valence-corrected chi connectivity index (χ0v) is 13.0. The van der Waals surface area contributed by atoms with Gasteiger partial charge in [-0.2, -0.15) is 0 Å². The van der Waals surface area contributed by atoms with Crippen molar-refractivity contribution in [3.8, 4) is 0 Å². The summed E-state index contributed by atoms with van der Waals surface area (Å²) in [6, 6.07) is 9.46. The van der Waals surface area contributed by atoms with Crippen LogP contribution in [0.15, 0.2) is 47.3 Å². The van der Waals surface area contributed by atoms with Crippen molar-refractivity contribution in [2.24, 2.45) is 0 Å². The van der Waals surface area contributed by atoms with Crippen LogP contribution in [0.25, 0.3) is 0 Å². The summed E-state index contributed by atoms with van der Waals surface area (Å²) in [6.45, 7) is 2.97. The molecule has 21 heavy (non-hydrogen) atoms. The lowest BCUT2D eigenvalue weighted by atomic mass is 10.2. The van der Waals surface area contributed by atoms with Crippen molar-refractivity contribution in [3.63, 3.8) is 0 Å². The zero-order valence-electron chi connectivity index (χ0n) is 11.4. The highest BCUT2D eigenvalue weighted by molar-refractivity contribution is 9.10. The Morgan fingerprint density at radius 1 is 1.00 bits per heavy atom. The molecule has 2 aromatic rings. The summed E-state index contributed by atoms with van der Waals surface area (Å²) in [5.74, 6) is 0.989. The van der Waals surface area contributed by atoms with Gasteiger partial charge in [0.25, 0.3) is 5.91 Å². The maximum Gasteiger partial charge on any atom is 0.256 e. The second-order valence-corrected chi connectivity index (χ2v) is 5.56. The van der Waals surface area contributed by atoms with Crippen LogP contribution >= 0.6 is 15.9 Å². The molecule has 1 aliphatic rings. The van der Waals surface area contributed by atoms with Crippen LogP contribution in [0.4, 0.5) is 5.82 Å². The third-order valence-corrected chi connectivity index (χ3v) is 4.16. The highest BCUT2D eigenvalue weighted by Crippen LogP contribution is 2.18. The molecule has 0 unspecified atom stereocenters. The molecule has 6 heteroatoms. The Balaban J connectivity index is 1.66. The zero-order chi connectivity index (χ0) is 14.7. The molecule has 2 aromatic heterocycles. The van der Waals surface area contributed by atoms with E-state index in [0.717, 1.165) is 18.9 Å². The molecule has 0 aliphatic carbocycles. The number of pyridine rings is 2. The maximum absolute atomic E-state index is 12.5. The van der Waals surface area contributed by atoms with Crippen molar-refractivity contribution < 1.29 is 4.79 Å². The summed E-state index contributed by atoms with van der Waals surface area (Å²) in [6.07, 6.45) is 3.46. The predicted octanol–water partition coefficient (Wildman–Crippen LogP) is 2.20. The third-order valence-electron chi connectivity index (χ3n) is 3.53. The lowest BCUT2D eigenvalue weighted by molar-refractivity contribution is 0.0745. The van der Waals surface area contributed by atoms with Gasteiger partial charge in [0.1, 0.15) is 10.4 Å². The molecule has 0 saturated carbocycles. The Hall–Kier alpha value is -1.95. The minimum absolute atomic E-state index is 0.0237. The van der Waals surface area contributed by atoms with Gasteiger partial charge in [-0.25, -0.2) is 9.97 Å². The number of carbonyl (C=O) groups excluding carboxylic acids is 1. The molecule has 3 rings (SSSR count). The Labute approximate surface area is 131 Å². The molecule has 0 bridgehead atoms. The summed E-state index contributed by atoms with van der Waals surface area (Å²) >= 11 is 3.33. The molecule has 0 radical (unpaired) electrons. The first-order valence-corrected chi connectivity index (χ1v) is 7.61. The van der Waals surface area contributed by atoms with Gasteiger partial charge in [0, 0.05) is 38.6 Å². The second kappa shape index (κ2) is 6.22. The standard InChI is InChI=1S/C15H15BrN4O/c16-14-12(4-3-7-18-14)15(21)20-10-8-19(9-11-20)13-5-1-2-6-17-13/h1-7H,8-11H2. The Bertz CT molecular complexity index is 627. The smallest absolute Gasteiger partial charge is 0.256 e. The van der Waals surface area contributed by atoms with Gasteiger partial charge >= 0.3 is 0 Å². The Kier molecular flexibility index (Phi) is 4.15. The van der Waals surface area contributed by atoms with E-state index >= 15 is 0 Å². The average molecular weight is 347 g/mol. The molecule has 108 valence electrons. The molecule has 1 amide bonds. The topological polar surface area (TPSA) is 49.3 Å². The lowest BCUT2D eigenvalue weighted by Gasteiger charge is -2.35. The van der Waals surface area contributed by atoms with Gasteiger partial charge in [-0.3, -0.25) is 4.79 Å². The van der Waals surface area contributed by atoms with E-state index < -0.39 is 0 Å². The van der Waals surface area contributed by atoms with E-state index in [9.17, 15) is 4.79 Å². The van der Waals surface area contributed by atoms with Gasteiger partial charge in [-0.15, -0.1) is 0 Å². The van der Waals surface area contributed by atoms with Crippen molar-refractivity contribution in [2.45, 2.75) is 0 Å². The van der Waals surface area contributed by atoms with Crippen molar-refractivity contribution >= 4 is 27.7 Å². The van der Waals surface area contributed by atoms with Crippen LogP contribution in [0, 0.1) is 0 Å². The van der Waals surface area contributed by atoms with Crippen LogP contribution in [-0.4, -0.2) is 47.0 Å². The number of hydrogen-bond donors (Lipinski definition) is 0. The second-order valence-electron chi connectivity index (χ2n) is 4.81. The largest absolute Gasteiger partial charge is 0.353 e. The Morgan fingerprint density at radius 2 is 1.76 bits per heavy atom. The number of amides is 1. The molecule has 0 spiro atoms. The molecule has 1 fully saturated rings. The minimum Gasteiger partial charge on any atom is -0.353 e. The molecule has 0 atom stereocenters. The Morgan fingerprint density at radius 3 is 2.43 bits per heavy atom. The molecule has 0 aromatic carbocycles. The van der Waals surface area contributed by atoms with Crippen LogP contribution in [0.3, 0.4) is 0 Å². The van der Waals surface area contributed by atoms with Gasteiger partial charge in [-0.1, -0.05) is 6.07 Å². The molecule has 1 aliphatic heterocycles. The minimum atomic E-state index is 0.0237. The molecule has 5 nitrogen and oxygen atoms in total. The van der Waals surface area contributed by atoms with Gasteiger partial charge < -0.3 is 9.80 Å². The summed E-state index contributed by atoms with van der Waals surface area (Å²) in [4.78, 5) is 25.0. The summed E-state index contributed by atoms with van der Waals surface area (Å²) in [5, 5.41) is 0. The number of rotatable bonds is 2. The highest BCUT2D eigenvalue weighted by Gasteiger charge is 2.24. The van der Waals surface area contributed by atoms with Crippen LogP contribution in [0.1, 0.15) is 10.4 Å². The molecular formula is C15H15BrN4O. The van der Waals surface area contributed by atoms with E-state index in [-0.39, 0.29) is 5.91 Å². The first-order chi connectivity index (χ1) is 10.3. The summed E-state index contributed by atoms with van der Waals surface area (Å²) in [5.41, 5.74) is 0.615. The predicted molar refractivity (Wildman–Crippen MR) is 84.3 cm³/mol. The number of nitrogens with zero attached hydrogens (tertiary/aromatic N) is 4. The fourth-order valence-corrected chi connectivity index (χ4v) is 2.82. The first-order valence-electron chi connectivity index (χ1n) is 6.81. The van der Waals surface area contributed by atoms with Gasteiger partial charge in [0.15, 0.2) is 0 Å². The van der Waals surface area contributed by atoms with Crippen LogP contribution < -0.4 is 4.90 Å². The van der Waals surface area contributed by atoms with Crippen molar-refractivity contribution in [2.75, 3.05) is 31.1 Å². The van der Waals surface area contributed by atoms with E-state index in [1.165, 1.54) is 0 Å². The van der Waals surface area contributed by atoms with Crippen molar-refractivity contribution in [1.29, 1.82) is 0 Å². The van der Waals surface area contributed by atoms with Gasteiger partial charge in [0.2, 0.25) is 0 Å². The normalized spacial score (nSPS) is 15.1. The molecule has 3 heterocycles. The van der Waals surface area contributed by atoms with E-state index in [1.54, 1.807) is 24.5 Å². The van der Waals surface area contributed by atoms with Crippen LogP contribution in [-0.2, 0) is 0 Å². The summed E-state index contributed by atoms with van der Waals surface area (Å²) in [7, 11) is 0. The fourth-order valence-electron chi connectivity index (χ4n) is 2.40. The first kappa shape index (κ1) is 14.0. The fraction of sp³-hybridized carbons (Fsp3) is 0.267. The third kappa shape index (κ3) is 3.05. The van der Waals surface area contributed by atoms with E-state index in [1.807, 2.05) is 23.1 Å². The van der Waals surface area contributed by atoms with E-state index in [2.05, 4.69) is 30.8 Å². The van der Waals surface area contributed by atoms with Crippen molar-refractivity contribution in [1.82, 2.24) is 14.9 Å². The van der Waals surface area contributed by atoms with Crippen LogP contribution in [0.2, 0.25) is 0 Å². The number of halogens is 1. The van der Waals surface area contributed by atoms with E-state index in [0.29, 0.717) is 23.3 Å². The van der Waals surface area contributed by atoms with E-state index in [4.69, 9.17) is 0 Å². The molecular weight excluding hydrogens is 332 g/mol. The number of anilines is 1. The summed E-state index contributed by atoms with van der Waals surface area (Å²) < 4.78 is 0.599. The maximum atomic E-state index is 12.5. The SMILES string of the molecule is O=C(c1cccnc1Br)N1CCN(c2ccccn2)CC1. The number of piperazine rings is 1. The van der Waals surface area contributed by atoms with Gasteiger partial charge in [0.05, 0.1) is 5.56 Å². The van der Waals surface area contributed by atoms with Crippen molar-refractivity contribution in [3.05, 3.63) is 52.9 Å².